The van der Waals surface area contributed by atoms with Crippen LogP contribution in [0.25, 0.3) is 5.69 Å². The normalized spacial score (nSPS) is 26.9. The topological polar surface area (TPSA) is 24.3 Å². The summed E-state index contributed by atoms with van der Waals surface area (Å²) in [5.74, 6) is 0.784. The summed E-state index contributed by atoms with van der Waals surface area (Å²) in [7, 11) is 0. The van der Waals surface area contributed by atoms with Crippen LogP contribution in [0.1, 0.15) is 37.7 Å². The van der Waals surface area contributed by atoms with Crippen LogP contribution < -0.4 is 0 Å². The molecule has 27 heavy (non-hydrogen) atoms. The van der Waals surface area contributed by atoms with Gasteiger partial charge in [0.15, 0.2) is 0 Å². The summed E-state index contributed by atoms with van der Waals surface area (Å²) in [5.41, 5.74) is 2.66. The smallest absolute Gasteiger partial charge is 0.123 e. The van der Waals surface area contributed by atoms with E-state index in [1.807, 2.05) is 10.9 Å². The highest BCUT2D eigenvalue weighted by Gasteiger charge is 2.42. The zero-order valence-electron chi connectivity index (χ0n) is 16.0. The van der Waals surface area contributed by atoms with Gasteiger partial charge in [0, 0.05) is 37.9 Å². The van der Waals surface area contributed by atoms with Gasteiger partial charge in [-0.15, -0.1) is 0 Å². The number of likely N-dealkylation sites (tertiary alicyclic amines) is 2. The molecule has 1 atom stereocenters. The zero-order chi connectivity index (χ0) is 18.3. The van der Waals surface area contributed by atoms with Crippen LogP contribution in [0.15, 0.2) is 36.7 Å². The molecule has 1 saturated carbocycles. The fourth-order valence-corrected chi connectivity index (χ4v) is 5.06. The molecular weight excluding hydrogens is 339 g/mol. The highest BCUT2D eigenvalue weighted by molar-refractivity contribution is 5.31. The largest absolute Gasteiger partial charge is 0.302 e. The predicted octanol–water partition coefficient (Wildman–Crippen LogP) is 3.71. The van der Waals surface area contributed by atoms with Crippen molar-refractivity contribution in [2.24, 2.45) is 11.3 Å². The van der Waals surface area contributed by atoms with Gasteiger partial charge in [-0.05, 0) is 80.8 Å². The Kier molecular flexibility index (Phi) is 4.52. The van der Waals surface area contributed by atoms with Gasteiger partial charge in [-0.25, -0.2) is 9.07 Å². The van der Waals surface area contributed by atoms with E-state index in [1.54, 1.807) is 12.1 Å². The molecule has 0 radical (unpaired) electrons. The van der Waals surface area contributed by atoms with Crippen molar-refractivity contribution in [2.45, 2.75) is 38.6 Å². The third-order valence-electron chi connectivity index (χ3n) is 6.60. The van der Waals surface area contributed by atoms with E-state index in [1.165, 1.54) is 82.5 Å². The van der Waals surface area contributed by atoms with Gasteiger partial charge >= 0.3 is 0 Å². The van der Waals surface area contributed by atoms with Crippen molar-refractivity contribution in [3.8, 4) is 5.69 Å². The molecule has 2 aliphatic heterocycles. The third-order valence-corrected chi connectivity index (χ3v) is 6.60. The molecule has 5 heteroatoms. The van der Waals surface area contributed by atoms with Gasteiger partial charge in [-0.3, -0.25) is 4.90 Å². The first-order valence-corrected chi connectivity index (χ1v) is 10.4. The summed E-state index contributed by atoms with van der Waals surface area (Å²) in [6.45, 7) is 7.32. The minimum Gasteiger partial charge on any atom is -0.302 e. The van der Waals surface area contributed by atoms with E-state index in [2.05, 4.69) is 21.1 Å². The number of hydrogen-bond donors (Lipinski definition) is 0. The van der Waals surface area contributed by atoms with Crippen molar-refractivity contribution in [1.29, 1.82) is 0 Å². The second-order valence-corrected chi connectivity index (χ2v) is 9.01. The SMILES string of the molecule is Fc1ccc(-n2cc(CN3CCC4(CCCN(CC5CC5)C4)C3)cn2)cc1. The van der Waals surface area contributed by atoms with Crippen molar-refractivity contribution < 1.29 is 4.39 Å². The molecule has 5 rings (SSSR count). The quantitative estimate of drug-likeness (QED) is 0.804. The maximum Gasteiger partial charge on any atom is 0.123 e. The van der Waals surface area contributed by atoms with Crippen LogP contribution in [-0.4, -0.2) is 52.3 Å². The Bertz CT molecular complexity index is 782. The Hall–Kier alpha value is -1.72. The van der Waals surface area contributed by atoms with E-state index in [-0.39, 0.29) is 5.82 Å². The second kappa shape index (κ2) is 7.02. The second-order valence-electron chi connectivity index (χ2n) is 9.01. The van der Waals surface area contributed by atoms with Crippen LogP contribution >= 0.6 is 0 Å². The van der Waals surface area contributed by atoms with E-state index in [0.717, 1.165) is 18.2 Å². The molecule has 0 N–H and O–H groups in total. The highest BCUT2D eigenvalue weighted by Crippen LogP contribution is 2.41. The Morgan fingerprint density at radius 3 is 2.67 bits per heavy atom. The molecule has 0 amide bonds. The molecule has 1 aromatic heterocycles. The molecule has 2 saturated heterocycles. The van der Waals surface area contributed by atoms with Crippen molar-refractivity contribution in [3.05, 3.63) is 48.0 Å². The van der Waals surface area contributed by atoms with Gasteiger partial charge in [0.1, 0.15) is 5.82 Å². The summed E-state index contributed by atoms with van der Waals surface area (Å²) in [4.78, 5) is 5.35. The lowest BCUT2D eigenvalue weighted by Crippen LogP contribution is -2.45. The monoisotopic (exact) mass is 368 g/mol. The molecule has 1 spiro atoms. The molecule has 144 valence electrons. The number of aromatic nitrogens is 2. The Balaban J connectivity index is 1.20. The average Bonchev–Trinajstić information content (AvgIpc) is 3.22. The van der Waals surface area contributed by atoms with Crippen LogP contribution in [0.3, 0.4) is 0 Å². The highest BCUT2D eigenvalue weighted by atomic mass is 19.1. The van der Waals surface area contributed by atoms with Crippen molar-refractivity contribution in [3.63, 3.8) is 0 Å². The first-order valence-electron chi connectivity index (χ1n) is 10.4. The van der Waals surface area contributed by atoms with E-state index in [4.69, 9.17) is 0 Å². The lowest BCUT2D eigenvalue weighted by Gasteiger charge is -2.40. The number of nitrogens with zero attached hydrogens (tertiary/aromatic N) is 4. The molecular formula is C22H29FN4. The van der Waals surface area contributed by atoms with Crippen LogP contribution in [0.5, 0.6) is 0 Å². The molecule has 4 nitrogen and oxygen atoms in total. The first kappa shape index (κ1) is 17.4. The summed E-state index contributed by atoms with van der Waals surface area (Å²) >= 11 is 0. The molecule has 3 fully saturated rings. The summed E-state index contributed by atoms with van der Waals surface area (Å²) in [6.07, 6.45) is 11.0. The lowest BCUT2D eigenvalue weighted by atomic mass is 9.79. The van der Waals surface area contributed by atoms with E-state index >= 15 is 0 Å². The van der Waals surface area contributed by atoms with E-state index in [0.29, 0.717) is 5.41 Å². The van der Waals surface area contributed by atoms with Gasteiger partial charge < -0.3 is 4.90 Å². The van der Waals surface area contributed by atoms with Crippen LogP contribution in [0.2, 0.25) is 0 Å². The zero-order valence-corrected chi connectivity index (χ0v) is 16.0. The van der Waals surface area contributed by atoms with E-state index in [9.17, 15) is 4.39 Å². The molecule has 0 bridgehead atoms. The Morgan fingerprint density at radius 1 is 1.04 bits per heavy atom. The van der Waals surface area contributed by atoms with Crippen molar-refractivity contribution in [2.75, 3.05) is 32.7 Å². The first-order chi connectivity index (χ1) is 13.2. The van der Waals surface area contributed by atoms with Gasteiger partial charge in [0.25, 0.3) is 0 Å². The summed E-state index contributed by atoms with van der Waals surface area (Å²) in [6, 6.07) is 6.51. The predicted molar refractivity (Wildman–Crippen MR) is 104 cm³/mol. The van der Waals surface area contributed by atoms with Gasteiger partial charge in [0.05, 0.1) is 11.9 Å². The van der Waals surface area contributed by atoms with Gasteiger partial charge in [-0.1, -0.05) is 0 Å². The molecule has 1 aliphatic carbocycles. The Morgan fingerprint density at radius 2 is 1.85 bits per heavy atom. The lowest BCUT2D eigenvalue weighted by molar-refractivity contribution is 0.0884. The fourth-order valence-electron chi connectivity index (χ4n) is 5.06. The maximum atomic E-state index is 13.1. The minimum absolute atomic E-state index is 0.211. The average molecular weight is 369 g/mol. The molecule has 1 unspecified atom stereocenters. The molecule has 1 aromatic carbocycles. The maximum absolute atomic E-state index is 13.1. The molecule has 3 heterocycles. The number of piperidine rings is 1. The molecule has 2 aromatic rings. The van der Waals surface area contributed by atoms with Gasteiger partial charge in [-0.2, -0.15) is 5.10 Å². The number of rotatable bonds is 5. The van der Waals surface area contributed by atoms with Crippen molar-refractivity contribution in [1.82, 2.24) is 19.6 Å². The Labute approximate surface area is 161 Å². The van der Waals surface area contributed by atoms with E-state index < -0.39 is 0 Å². The number of benzene rings is 1. The standard InChI is InChI=1S/C22H29FN4/c23-20-4-6-21(7-5-20)27-15-19(12-24-27)14-26-11-9-22(17-26)8-1-10-25(16-22)13-18-2-3-18/h4-7,12,15,18H,1-3,8-11,13-14,16-17H2. The van der Waals surface area contributed by atoms with Crippen molar-refractivity contribution >= 4 is 0 Å². The number of hydrogen-bond acceptors (Lipinski definition) is 3. The minimum atomic E-state index is -0.211. The summed E-state index contributed by atoms with van der Waals surface area (Å²) < 4.78 is 15.0. The number of halogens is 1. The molecule has 3 aliphatic rings. The summed E-state index contributed by atoms with van der Waals surface area (Å²) in [5, 5.41) is 4.47. The van der Waals surface area contributed by atoms with Crippen LogP contribution in [-0.2, 0) is 6.54 Å². The van der Waals surface area contributed by atoms with Crippen LogP contribution in [0, 0.1) is 17.2 Å². The van der Waals surface area contributed by atoms with Gasteiger partial charge in [0.2, 0.25) is 0 Å². The third kappa shape index (κ3) is 3.94. The fraction of sp³-hybridized carbons (Fsp3) is 0.591. The van der Waals surface area contributed by atoms with Crippen LogP contribution in [0.4, 0.5) is 4.39 Å².